The van der Waals surface area contributed by atoms with Gasteiger partial charge in [0.05, 0.1) is 6.10 Å². The van der Waals surface area contributed by atoms with Gasteiger partial charge in [0, 0.05) is 10.9 Å². The van der Waals surface area contributed by atoms with Crippen molar-refractivity contribution in [2.75, 3.05) is 0 Å². The summed E-state index contributed by atoms with van der Waals surface area (Å²) in [4.78, 5) is 0. The Balaban J connectivity index is 2.11. The fraction of sp³-hybridized carbons (Fsp3) is 0.133. The first-order chi connectivity index (χ1) is 8.15. The standard InChI is InChI=1S/C15H14BrO/c1-11(17)14-6-2-12(3-7-14)10-13-4-8-15(16)9-5-13/h2-11,17H,1H3. The number of aliphatic hydroxyl groups is 1. The maximum absolute atomic E-state index is 9.42. The van der Waals surface area contributed by atoms with Gasteiger partial charge >= 0.3 is 0 Å². The third-order valence-corrected chi connectivity index (χ3v) is 3.15. The molecule has 1 nitrogen and oxygen atoms in total. The topological polar surface area (TPSA) is 20.2 Å². The van der Waals surface area contributed by atoms with Crippen LogP contribution in [-0.4, -0.2) is 5.11 Å². The van der Waals surface area contributed by atoms with E-state index in [4.69, 9.17) is 0 Å². The van der Waals surface area contributed by atoms with Crippen LogP contribution in [0.3, 0.4) is 0 Å². The average Bonchev–Trinajstić information content (AvgIpc) is 2.33. The molecule has 2 rings (SSSR count). The van der Waals surface area contributed by atoms with Crippen LogP contribution in [0.4, 0.5) is 0 Å². The summed E-state index contributed by atoms with van der Waals surface area (Å²) in [6.07, 6.45) is 1.70. The molecular formula is C15H14BrO. The number of halogens is 1. The molecule has 0 aromatic heterocycles. The first-order valence-corrected chi connectivity index (χ1v) is 6.33. The summed E-state index contributed by atoms with van der Waals surface area (Å²) in [6.45, 7) is 1.77. The minimum Gasteiger partial charge on any atom is -0.389 e. The number of aliphatic hydroxyl groups excluding tert-OH is 1. The van der Waals surface area contributed by atoms with Gasteiger partial charge < -0.3 is 5.11 Å². The maximum Gasteiger partial charge on any atom is 0.0761 e. The van der Waals surface area contributed by atoms with Crippen molar-refractivity contribution < 1.29 is 5.11 Å². The molecule has 0 bridgehead atoms. The number of hydrogen-bond donors (Lipinski definition) is 1. The molecule has 1 N–H and O–H groups in total. The van der Waals surface area contributed by atoms with Gasteiger partial charge in [-0.25, -0.2) is 0 Å². The van der Waals surface area contributed by atoms with Gasteiger partial charge in [0.15, 0.2) is 0 Å². The monoisotopic (exact) mass is 289 g/mol. The Morgan fingerprint density at radius 3 is 1.88 bits per heavy atom. The van der Waals surface area contributed by atoms with Gasteiger partial charge in [-0.1, -0.05) is 52.3 Å². The first-order valence-electron chi connectivity index (χ1n) is 5.53. The van der Waals surface area contributed by atoms with Gasteiger partial charge in [0.1, 0.15) is 0 Å². The van der Waals surface area contributed by atoms with Crippen LogP contribution in [-0.2, 0) is 0 Å². The first kappa shape index (κ1) is 12.3. The zero-order valence-electron chi connectivity index (χ0n) is 9.60. The van der Waals surface area contributed by atoms with Crippen molar-refractivity contribution in [1.82, 2.24) is 0 Å². The normalized spacial score (nSPS) is 12.4. The highest BCUT2D eigenvalue weighted by atomic mass is 79.9. The Kier molecular flexibility index (Phi) is 3.97. The minimum absolute atomic E-state index is 0.406. The second-order valence-electron chi connectivity index (χ2n) is 4.04. The summed E-state index contributed by atoms with van der Waals surface area (Å²) < 4.78 is 1.08. The number of rotatable bonds is 3. The summed E-state index contributed by atoms with van der Waals surface area (Å²) >= 11 is 3.41. The molecule has 2 heteroatoms. The van der Waals surface area contributed by atoms with E-state index in [-0.39, 0.29) is 0 Å². The van der Waals surface area contributed by atoms with E-state index < -0.39 is 6.10 Å². The molecule has 0 aliphatic carbocycles. The molecule has 87 valence electrons. The maximum atomic E-state index is 9.42. The molecule has 1 unspecified atom stereocenters. The van der Waals surface area contributed by atoms with E-state index in [1.807, 2.05) is 36.4 Å². The van der Waals surface area contributed by atoms with Gasteiger partial charge in [0.2, 0.25) is 0 Å². The number of hydrogen-bond acceptors (Lipinski definition) is 1. The van der Waals surface area contributed by atoms with E-state index in [1.54, 1.807) is 6.92 Å². The van der Waals surface area contributed by atoms with E-state index in [9.17, 15) is 5.11 Å². The van der Waals surface area contributed by atoms with Crippen molar-refractivity contribution in [3.05, 3.63) is 76.1 Å². The lowest BCUT2D eigenvalue weighted by Crippen LogP contribution is -1.91. The van der Waals surface area contributed by atoms with Crippen LogP contribution in [0, 0.1) is 6.42 Å². The molecule has 0 saturated carbocycles. The molecule has 0 saturated heterocycles. The molecule has 1 radical (unpaired) electrons. The largest absolute Gasteiger partial charge is 0.389 e. The second kappa shape index (κ2) is 5.48. The number of benzene rings is 2. The molecule has 0 heterocycles. The lowest BCUT2D eigenvalue weighted by atomic mass is 10.0. The quantitative estimate of drug-likeness (QED) is 0.902. The summed E-state index contributed by atoms with van der Waals surface area (Å²) in [5, 5.41) is 9.42. The van der Waals surface area contributed by atoms with Crippen molar-refractivity contribution in [3.63, 3.8) is 0 Å². The van der Waals surface area contributed by atoms with Gasteiger partial charge in [0.25, 0.3) is 0 Å². The zero-order chi connectivity index (χ0) is 12.3. The Morgan fingerprint density at radius 1 is 0.941 bits per heavy atom. The molecule has 0 aliphatic rings. The molecule has 0 spiro atoms. The van der Waals surface area contributed by atoms with Crippen molar-refractivity contribution >= 4 is 15.9 Å². The Labute approximate surface area is 110 Å². The highest BCUT2D eigenvalue weighted by Crippen LogP contribution is 2.18. The zero-order valence-corrected chi connectivity index (χ0v) is 11.2. The smallest absolute Gasteiger partial charge is 0.0761 e. The van der Waals surface area contributed by atoms with Gasteiger partial charge in [-0.3, -0.25) is 0 Å². The van der Waals surface area contributed by atoms with E-state index in [1.165, 1.54) is 0 Å². The predicted molar refractivity (Wildman–Crippen MR) is 73.7 cm³/mol. The molecule has 0 amide bonds. The van der Waals surface area contributed by atoms with Crippen molar-refractivity contribution in [2.24, 2.45) is 0 Å². The molecule has 0 aliphatic heterocycles. The fourth-order valence-electron chi connectivity index (χ4n) is 1.62. The highest BCUT2D eigenvalue weighted by Gasteiger charge is 2.01. The van der Waals surface area contributed by atoms with Crippen LogP contribution in [0.25, 0.3) is 0 Å². The molecule has 1 atom stereocenters. The van der Waals surface area contributed by atoms with Crippen molar-refractivity contribution in [1.29, 1.82) is 0 Å². The van der Waals surface area contributed by atoms with Crippen LogP contribution in [0.5, 0.6) is 0 Å². The minimum atomic E-state index is -0.406. The Morgan fingerprint density at radius 2 is 1.41 bits per heavy atom. The summed E-state index contributed by atoms with van der Waals surface area (Å²) in [6, 6.07) is 16.1. The van der Waals surface area contributed by atoms with E-state index >= 15 is 0 Å². The third-order valence-electron chi connectivity index (χ3n) is 2.62. The summed E-state index contributed by atoms with van der Waals surface area (Å²) in [5.74, 6) is 0. The van der Waals surface area contributed by atoms with Gasteiger partial charge in [-0.15, -0.1) is 0 Å². The molecule has 0 fully saturated rings. The van der Waals surface area contributed by atoms with Crippen LogP contribution in [0.2, 0.25) is 0 Å². The lowest BCUT2D eigenvalue weighted by molar-refractivity contribution is 0.199. The van der Waals surface area contributed by atoms with E-state index in [0.29, 0.717) is 0 Å². The fourth-order valence-corrected chi connectivity index (χ4v) is 1.89. The van der Waals surface area contributed by atoms with E-state index in [0.717, 1.165) is 21.2 Å². The van der Waals surface area contributed by atoms with Crippen LogP contribution in [0.15, 0.2) is 53.0 Å². The molecule has 2 aromatic carbocycles. The van der Waals surface area contributed by atoms with Crippen LogP contribution in [0.1, 0.15) is 29.7 Å². The Bertz CT molecular complexity index is 471. The van der Waals surface area contributed by atoms with Crippen molar-refractivity contribution in [2.45, 2.75) is 13.0 Å². The molecular weight excluding hydrogens is 276 g/mol. The third kappa shape index (κ3) is 3.42. The van der Waals surface area contributed by atoms with Crippen LogP contribution < -0.4 is 0 Å². The van der Waals surface area contributed by atoms with Crippen molar-refractivity contribution in [3.8, 4) is 0 Å². The summed E-state index contributed by atoms with van der Waals surface area (Å²) in [7, 11) is 0. The van der Waals surface area contributed by atoms with Crippen LogP contribution >= 0.6 is 15.9 Å². The second-order valence-corrected chi connectivity index (χ2v) is 4.95. The van der Waals surface area contributed by atoms with Gasteiger partial charge in [-0.05, 0) is 35.7 Å². The molecule has 2 aromatic rings. The van der Waals surface area contributed by atoms with E-state index in [2.05, 4.69) is 34.5 Å². The highest BCUT2D eigenvalue weighted by molar-refractivity contribution is 9.10. The average molecular weight is 290 g/mol. The van der Waals surface area contributed by atoms with Gasteiger partial charge in [-0.2, -0.15) is 0 Å². The Hall–Kier alpha value is -1.12. The summed E-state index contributed by atoms with van der Waals surface area (Å²) in [5.41, 5.74) is 3.24. The predicted octanol–water partition coefficient (Wildman–Crippen LogP) is 4.10. The lowest BCUT2D eigenvalue weighted by Gasteiger charge is -2.06. The SMILES string of the molecule is CC(O)c1ccc([CH]c2ccc(Br)cc2)cc1. The molecule has 17 heavy (non-hydrogen) atoms.